The zero-order valence-corrected chi connectivity index (χ0v) is 16.2. The van der Waals surface area contributed by atoms with Gasteiger partial charge in [-0.25, -0.2) is 0 Å². The molecule has 0 saturated carbocycles. The molecule has 0 spiro atoms. The van der Waals surface area contributed by atoms with Crippen molar-refractivity contribution >= 4 is 17.5 Å². The highest BCUT2D eigenvalue weighted by atomic mass is 16.5. The van der Waals surface area contributed by atoms with Gasteiger partial charge in [0, 0.05) is 22.9 Å². The third kappa shape index (κ3) is 6.77. The predicted molar refractivity (Wildman–Crippen MR) is 108 cm³/mol. The van der Waals surface area contributed by atoms with E-state index in [2.05, 4.69) is 17.6 Å². The summed E-state index contributed by atoms with van der Waals surface area (Å²) in [7, 11) is 0. The Balaban J connectivity index is 1.95. The molecule has 0 aliphatic rings. The summed E-state index contributed by atoms with van der Waals surface area (Å²) in [6.45, 7) is 6.64. The van der Waals surface area contributed by atoms with Crippen LogP contribution in [-0.4, -0.2) is 24.5 Å². The molecule has 5 nitrogen and oxygen atoms in total. The molecule has 0 atom stereocenters. The first kappa shape index (κ1) is 20.5. The lowest BCUT2D eigenvalue weighted by Gasteiger charge is -2.11. The SMILES string of the molecule is CCCCCOc1ccc(C(=O)Nc2cccc(C(=O)NC(C)C)c2)cc1. The van der Waals surface area contributed by atoms with Crippen LogP contribution in [0.1, 0.15) is 60.7 Å². The van der Waals surface area contributed by atoms with E-state index in [9.17, 15) is 9.59 Å². The average Bonchev–Trinajstić information content (AvgIpc) is 2.65. The number of carbonyl (C=O) groups excluding carboxylic acids is 2. The quantitative estimate of drug-likeness (QED) is 0.633. The van der Waals surface area contributed by atoms with Gasteiger partial charge in [-0.3, -0.25) is 9.59 Å². The summed E-state index contributed by atoms with van der Waals surface area (Å²) in [6.07, 6.45) is 3.33. The zero-order valence-electron chi connectivity index (χ0n) is 16.2. The Morgan fingerprint density at radius 3 is 2.37 bits per heavy atom. The summed E-state index contributed by atoms with van der Waals surface area (Å²) in [6, 6.07) is 14.0. The average molecular weight is 368 g/mol. The third-order valence-electron chi connectivity index (χ3n) is 3.94. The first-order valence-electron chi connectivity index (χ1n) is 9.44. The molecule has 0 radical (unpaired) electrons. The maximum atomic E-state index is 12.4. The summed E-state index contributed by atoms with van der Waals surface area (Å²) >= 11 is 0. The second-order valence-corrected chi connectivity index (χ2v) is 6.74. The Bertz CT molecular complexity index is 754. The maximum absolute atomic E-state index is 12.4. The fourth-order valence-corrected chi connectivity index (χ4v) is 2.53. The van der Waals surface area contributed by atoms with Gasteiger partial charge >= 0.3 is 0 Å². The van der Waals surface area contributed by atoms with Gasteiger partial charge in [0.05, 0.1) is 6.61 Å². The molecule has 0 heterocycles. The van der Waals surface area contributed by atoms with E-state index in [1.165, 1.54) is 0 Å². The van der Waals surface area contributed by atoms with Crippen LogP contribution >= 0.6 is 0 Å². The van der Waals surface area contributed by atoms with Gasteiger partial charge in [0.2, 0.25) is 0 Å². The number of carbonyl (C=O) groups is 2. The van der Waals surface area contributed by atoms with Crippen molar-refractivity contribution in [1.29, 1.82) is 0 Å². The van der Waals surface area contributed by atoms with E-state index in [1.54, 1.807) is 48.5 Å². The summed E-state index contributed by atoms with van der Waals surface area (Å²) < 4.78 is 5.66. The number of rotatable bonds is 9. The number of anilines is 1. The molecule has 144 valence electrons. The van der Waals surface area contributed by atoms with Crippen molar-refractivity contribution in [2.45, 2.75) is 46.1 Å². The third-order valence-corrected chi connectivity index (χ3v) is 3.94. The Morgan fingerprint density at radius 2 is 1.70 bits per heavy atom. The number of hydrogen-bond acceptors (Lipinski definition) is 3. The van der Waals surface area contributed by atoms with Crippen molar-refractivity contribution in [3.8, 4) is 5.75 Å². The molecule has 0 aliphatic heterocycles. The largest absolute Gasteiger partial charge is 0.494 e. The molecule has 0 saturated heterocycles. The molecular weight excluding hydrogens is 340 g/mol. The second-order valence-electron chi connectivity index (χ2n) is 6.74. The minimum absolute atomic E-state index is 0.0541. The van der Waals surface area contributed by atoms with E-state index in [-0.39, 0.29) is 17.9 Å². The van der Waals surface area contributed by atoms with Crippen LogP contribution in [0.4, 0.5) is 5.69 Å². The highest BCUT2D eigenvalue weighted by molar-refractivity contribution is 6.05. The van der Waals surface area contributed by atoms with Crippen LogP contribution in [0.25, 0.3) is 0 Å². The van der Waals surface area contributed by atoms with Crippen LogP contribution in [0, 0.1) is 0 Å². The number of benzene rings is 2. The van der Waals surface area contributed by atoms with Crippen molar-refractivity contribution in [3.05, 3.63) is 59.7 Å². The lowest BCUT2D eigenvalue weighted by molar-refractivity contribution is 0.0941. The topological polar surface area (TPSA) is 67.4 Å². The van der Waals surface area contributed by atoms with Gasteiger partial charge in [0.1, 0.15) is 5.75 Å². The van der Waals surface area contributed by atoms with E-state index in [0.29, 0.717) is 23.4 Å². The summed E-state index contributed by atoms with van der Waals surface area (Å²) in [4.78, 5) is 24.5. The number of ether oxygens (including phenoxy) is 1. The number of nitrogens with one attached hydrogen (secondary N) is 2. The van der Waals surface area contributed by atoms with Gasteiger partial charge in [-0.15, -0.1) is 0 Å². The fourth-order valence-electron chi connectivity index (χ4n) is 2.53. The van der Waals surface area contributed by atoms with Crippen molar-refractivity contribution in [2.75, 3.05) is 11.9 Å². The van der Waals surface area contributed by atoms with Gasteiger partial charge in [-0.1, -0.05) is 25.8 Å². The molecule has 27 heavy (non-hydrogen) atoms. The van der Waals surface area contributed by atoms with Crippen LogP contribution in [0.3, 0.4) is 0 Å². The van der Waals surface area contributed by atoms with Crippen LogP contribution in [0.5, 0.6) is 5.75 Å². The van der Waals surface area contributed by atoms with Crippen LogP contribution in [0.15, 0.2) is 48.5 Å². The molecule has 2 aromatic rings. The number of hydrogen-bond donors (Lipinski definition) is 2. The van der Waals surface area contributed by atoms with Gasteiger partial charge < -0.3 is 15.4 Å². The standard InChI is InChI=1S/C22H28N2O3/c1-4-5-6-14-27-20-12-10-17(11-13-20)21(25)24-19-9-7-8-18(15-19)22(26)23-16(2)3/h7-13,15-16H,4-6,14H2,1-3H3,(H,23,26)(H,24,25). The summed E-state index contributed by atoms with van der Waals surface area (Å²) in [5.41, 5.74) is 1.63. The van der Waals surface area contributed by atoms with Gasteiger partial charge in [0.15, 0.2) is 0 Å². The minimum atomic E-state index is -0.228. The summed E-state index contributed by atoms with van der Waals surface area (Å²) in [5, 5.41) is 5.66. The van der Waals surface area contributed by atoms with Crippen molar-refractivity contribution in [3.63, 3.8) is 0 Å². The molecule has 0 unspecified atom stereocenters. The molecule has 2 aromatic carbocycles. The van der Waals surface area contributed by atoms with Crippen LogP contribution in [0.2, 0.25) is 0 Å². The maximum Gasteiger partial charge on any atom is 0.255 e. The lowest BCUT2D eigenvalue weighted by atomic mass is 10.1. The van der Waals surface area contributed by atoms with E-state index in [4.69, 9.17) is 4.74 Å². The first-order chi connectivity index (χ1) is 13.0. The monoisotopic (exact) mass is 368 g/mol. The van der Waals surface area contributed by atoms with Crippen molar-refractivity contribution in [1.82, 2.24) is 5.32 Å². The van der Waals surface area contributed by atoms with E-state index >= 15 is 0 Å². The molecule has 2 amide bonds. The van der Waals surface area contributed by atoms with Crippen LogP contribution < -0.4 is 15.4 Å². The van der Waals surface area contributed by atoms with Gasteiger partial charge in [0.25, 0.3) is 11.8 Å². The Morgan fingerprint density at radius 1 is 0.963 bits per heavy atom. The molecule has 2 N–H and O–H groups in total. The highest BCUT2D eigenvalue weighted by Gasteiger charge is 2.10. The fraction of sp³-hybridized carbons (Fsp3) is 0.364. The number of unbranched alkanes of at least 4 members (excludes halogenated alkanes) is 2. The lowest BCUT2D eigenvalue weighted by Crippen LogP contribution is -2.30. The second kappa shape index (κ2) is 10.4. The molecule has 5 heteroatoms. The van der Waals surface area contributed by atoms with Crippen molar-refractivity contribution < 1.29 is 14.3 Å². The van der Waals surface area contributed by atoms with Crippen molar-refractivity contribution in [2.24, 2.45) is 0 Å². The number of amides is 2. The minimum Gasteiger partial charge on any atom is -0.494 e. The zero-order chi connectivity index (χ0) is 19.6. The normalized spacial score (nSPS) is 10.5. The molecule has 0 aliphatic carbocycles. The van der Waals surface area contributed by atoms with Gasteiger partial charge in [-0.05, 0) is 62.7 Å². The predicted octanol–water partition coefficient (Wildman–Crippen LogP) is 4.65. The molecule has 2 rings (SSSR count). The Kier molecular flexibility index (Phi) is 7.86. The van der Waals surface area contributed by atoms with Gasteiger partial charge in [-0.2, -0.15) is 0 Å². The Labute approximate surface area is 161 Å². The molecule has 0 aromatic heterocycles. The van der Waals surface area contributed by atoms with Crippen LogP contribution in [-0.2, 0) is 0 Å². The Hall–Kier alpha value is -2.82. The van der Waals surface area contributed by atoms with E-state index in [1.807, 2.05) is 13.8 Å². The van der Waals surface area contributed by atoms with E-state index in [0.717, 1.165) is 25.0 Å². The summed E-state index contributed by atoms with van der Waals surface area (Å²) in [5.74, 6) is 0.370. The highest BCUT2D eigenvalue weighted by Crippen LogP contribution is 2.16. The molecule has 0 fully saturated rings. The first-order valence-corrected chi connectivity index (χ1v) is 9.44. The molecule has 0 bridgehead atoms. The smallest absolute Gasteiger partial charge is 0.255 e. The molecular formula is C22H28N2O3. The van der Waals surface area contributed by atoms with E-state index < -0.39 is 0 Å².